The zero-order valence-corrected chi connectivity index (χ0v) is 18.3. The van der Waals surface area contributed by atoms with E-state index in [9.17, 15) is 0 Å². The van der Waals surface area contributed by atoms with Crippen molar-refractivity contribution in [1.29, 1.82) is 0 Å². The fourth-order valence-corrected chi connectivity index (χ4v) is 3.21. The summed E-state index contributed by atoms with van der Waals surface area (Å²) >= 11 is 0. The first-order valence-corrected chi connectivity index (χ1v) is 8.69. The summed E-state index contributed by atoms with van der Waals surface area (Å²) in [6.07, 6.45) is 1.57. The van der Waals surface area contributed by atoms with Crippen LogP contribution in [0, 0.1) is 13.8 Å². The highest BCUT2D eigenvalue weighted by molar-refractivity contribution is 14.0. The lowest BCUT2D eigenvalue weighted by Crippen LogP contribution is -2.52. The van der Waals surface area contributed by atoms with Crippen LogP contribution in [0.4, 0.5) is 5.69 Å². The second kappa shape index (κ2) is 9.20. The molecule has 1 aliphatic rings. The van der Waals surface area contributed by atoms with Gasteiger partial charge >= 0.3 is 0 Å². The number of rotatable bonds is 3. The van der Waals surface area contributed by atoms with Crippen molar-refractivity contribution in [1.82, 2.24) is 25.0 Å². The van der Waals surface area contributed by atoms with Crippen LogP contribution in [-0.2, 0) is 13.6 Å². The van der Waals surface area contributed by atoms with Gasteiger partial charge in [0.25, 0.3) is 0 Å². The smallest absolute Gasteiger partial charge is 0.194 e. The molecular weight excluding hydrogens is 441 g/mol. The molecule has 2 heterocycles. The SMILES string of the molecule is CN=C(NCc1ncnn1C)N1CCN(c2cccc(C)c2C)CC1.I. The van der Waals surface area contributed by atoms with Gasteiger partial charge in [0.1, 0.15) is 12.2 Å². The molecule has 7 nitrogen and oxygen atoms in total. The van der Waals surface area contributed by atoms with Crippen LogP contribution in [-0.4, -0.2) is 58.9 Å². The summed E-state index contributed by atoms with van der Waals surface area (Å²) in [5, 5.41) is 7.49. The van der Waals surface area contributed by atoms with Crippen molar-refractivity contribution in [3.63, 3.8) is 0 Å². The van der Waals surface area contributed by atoms with Crippen molar-refractivity contribution in [3.8, 4) is 0 Å². The Morgan fingerprint density at radius 3 is 2.54 bits per heavy atom. The molecule has 1 aromatic heterocycles. The van der Waals surface area contributed by atoms with Crippen LogP contribution >= 0.6 is 24.0 Å². The van der Waals surface area contributed by atoms with Crippen LogP contribution in [0.15, 0.2) is 29.5 Å². The molecule has 0 unspecified atom stereocenters. The van der Waals surface area contributed by atoms with Gasteiger partial charge in [0.05, 0.1) is 6.54 Å². The molecule has 0 atom stereocenters. The highest BCUT2D eigenvalue weighted by Crippen LogP contribution is 2.23. The van der Waals surface area contributed by atoms with Crippen molar-refractivity contribution >= 4 is 35.6 Å². The molecule has 142 valence electrons. The second-order valence-corrected chi connectivity index (χ2v) is 6.39. The van der Waals surface area contributed by atoms with E-state index in [2.05, 4.69) is 62.2 Å². The van der Waals surface area contributed by atoms with Crippen molar-refractivity contribution in [2.75, 3.05) is 38.1 Å². The molecular formula is C18H28IN7. The first kappa shape index (κ1) is 20.5. The van der Waals surface area contributed by atoms with E-state index in [1.165, 1.54) is 16.8 Å². The third kappa shape index (κ3) is 4.46. The highest BCUT2D eigenvalue weighted by atomic mass is 127. The largest absolute Gasteiger partial charge is 0.368 e. The van der Waals surface area contributed by atoms with Crippen LogP contribution in [0.2, 0.25) is 0 Å². The maximum atomic E-state index is 4.43. The fraction of sp³-hybridized carbons (Fsp3) is 0.500. The van der Waals surface area contributed by atoms with Gasteiger partial charge in [-0.3, -0.25) is 9.67 Å². The quantitative estimate of drug-likeness (QED) is 0.423. The van der Waals surface area contributed by atoms with Crippen LogP contribution in [0.3, 0.4) is 0 Å². The zero-order chi connectivity index (χ0) is 17.8. The van der Waals surface area contributed by atoms with Gasteiger partial charge in [-0.2, -0.15) is 5.10 Å². The summed E-state index contributed by atoms with van der Waals surface area (Å²) in [6, 6.07) is 6.54. The Hall–Kier alpha value is -1.84. The number of guanidine groups is 1. The predicted molar refractivity (Wildman–Crippen MR) is 116 cm³/mol. The van der Waals surface area contributed by atoms with Crippen LogP contribution in [0.25, 0.3) is 0 Å². The van der Waals surface area contributed by atoms with Gasteiger partial charge in [0.15, 0.2) is 5.96 Å². The van der Waals surface area contributed by atoms with E-state index in [1.807, 2.05) is 14.1 Å². The number of hydrogen-bond donors (Lipinski definition) is 1. The van der Waals surface area contributed by atoms with Crippen LogP contribution < -0.4 is 10.2 Å². The molecule has 1 aliphatic heterocycles. The number of aromatic nitrogens is 3. The van der Waals surface area contributed by atoms with Gasteiger partial charge in [-0.25, -0.2) is 4.98 Å². The van der Waals surface area contributed by atoms with E-state index in [1.54, 1.807) is 11.0 Å². The third-order valence-corrected chi connectivity index (χ3v) is 4.92. The molecule has 1 fully saturated rings. The Bertz CT molecular complexity index is 748. The lowest BCUT2D eigenvalue weighted by molar-refractivity contribution is 0.371. The molecule has 1 aromatic carbocycles. The number of nitrogens with zero attached hydrogens (tertiary/aromatic N) is 6. The van der Waals surface area contributed by atoms with Crippen molar-refractivity contribution in [2.24, 2.45) is 12.0 Å². The number of piperazine rings is 1. The first-order chi connectivity index (χ1) is 12.1. The van der Waals surface area contributed by atoms with Crippen LogP contribution in [0.5, 0.6) is 0 Å². The number of aryl methyl sites for hydroxylation is 2. The fourth-order valence-electron chi connectivity index (χ4n) is 3.21. The van der Waals surface area contributed by atoms with Gasteiger partial charge in [0, 0.05) is 46.0 Å². The molecule has 1 saturated heterocycles. The van der Waals surface area contributed by atoms with E-state index >= 15 is 0 Å². The van der Waals surface area contributed by atoms with Crippen molar-refractivity contribution in [2.45, 2.75) is 20.4 Å². The molecule has 0 bridgehead atoms. The monoisotopic (exact) mass is 469 g/mol. The van der Waals surface area contributed by atoms with Gasteiger partial charge in [-0.05, 0) is 31.0 Å². The van der Waals surface area contributed by atoms with Crippen molar-refractivity contribution < 1.29 is 0 Å². The Labute approximate surface area is 172 Å². The molecule has 0 saturated carbocycles. The Morgan fingerprint density at radius 1 is 1.19 bits per heavy atom. The van der Waals surface area contributed by atoms with Crippen molar-refractivity contribution in [3.05, 3.63) is 41.5 Å². The Morgan fingerprint density at radius 2 is 1.92 bits per heavy atom. The first-order valence-electron chi connectivity index (χ1n) is 8.69. The van der Waals surface area contributed by atoms with Crippen LogP contribution in [0.1, 0.15) is 17.0 Å². The summed E-state index contributed by atoms with van der Waals surface area (Å²) < 4.78 is 1.78. The topological polar surface area (TPSA) is 61.6 Å². The summed E-state index contributed by atoms with van der Waals surface area (Å²) in [7, 11) is 3.73. The van der Waals surface area contributed by atoms with E-state index in [-0.39, 0.29) is 24.0 Å². The van der Waals surface area contributed by atoms with Gasteiger partial charge in [0.2, 0.25) is 0 Å². The molecule has 0 spiro atoms. The zero-order valence-electron chi connectivity index (χ0n) is 15.9. The molecule has 0 radical (unpaired) electrons. The summed E-state index contributed by atoms with van der Waals surface area (Å²) in [6.45, 7) is 8.90. The molecule has 0 aliphatic carbocycles. The number of aliphatic imine (C=N–C) groups is 1. The van der Waals surface area contributed by atoms with Gasteiger partial charge < -0.3 is 15.1 Å². The average molecular weight is 469 g/mol. The molecule has 0 amide bonds. The summed E-state index contributed by atoms with van der Waals surface area (Å²) in [4.78, 5) is 13.4. The van der Waals surface area contributed by atoms with E-state index in [0.717, 1.165) is 38.0 Å². The minimum atomic E-state index is 0. The van der Waals surface area contributed by atoms with E-state index in [4.69, 9.17) is 0 Å². The lowest BCUT2D eigenvalue weighted by atomic mass is 10.1. The maximum absolute atomic E-state index is 4.43. The summed E-state index contributed by atoms with van der Waals surface area (Å²) in [5.41, 5.74) is 4.07. The Balaban J connectivity index is 0.00000243. The standard InChI is InChI=1S/C18H27N7.HI/c1-14-6-5-7-16(15(14)2)24-8-10-25(11-9-24)18(19-3)20-12-17-21-13-22-23(17)4;/h5-7,13H,8-12H2,1-4H3,(H,19,20);1H. The second-order valence-electron chi connectivity index (χ2n) is 6.39. The summed E-state index contributed by atoms with van der Waals surface area (Å²) in [5.74, 6) is 1.82. The van der Waals surface area contributed by atoms with E-state index < -0.39 is 0 Å². The number of hydrogen-bond acceptors (Lipinski definition) is 4. The molecule has 26 heavy (non-hydrogen) atoms. The minimum absolute atomic E-state index is 0. The number of nitrogens with one attached hydrogen (secondary N) is 1. The molecule has 2 aromatic rings. The maximum Gasteiger partial charge on any atom is 0.194 e. The number of benzene rings is 1. The highest BCUT2D eigenvalue weighted by Gasteiger charge is 2.21. The predicted octanol–water partition coefficient (Wildman–Crippen LogP) is 1.95. The average Bonchev–Trinajstić information content (AvgIpc) is 3.04. The Kier molecular flexibility index (Phi) is 7.24. The normalized spacial score (nSPS) is 15.0. The van der Waals surface area contributed by atoms with Gasteiger partial charge in [-0.1, -0.05) is 12.1 Å². The lowest BCUT2D eigenvalue weighted by Gasteiger charge is -2.38. The molecule has 1 N–H and O–H groups in total. The third-order valence-electron chi connectivity index (χ3n) is 4.92. The molecule has 3 rings (SSSR count). The minimum Gasteiger partial charge on any atom is -0.368 e. The number of halogens is 1. The number of anilines is 1. The van der Waals surface area contributed by atoms with Gasteiger partial charge in [-0.15, -0.1) is 24.0 Å². The molecule has 8 heteroatoms. The van der Waals surface area contributed by atoms with E-state index in [0.29, 0.717) is 6.54 Å².